The van der Waals surface area contributed by atoms with Crippen molar-refractivity contribution in [2.45, 2.75) is 45.2 Å². The van der Waals surface area contributed by atoms with Gasteiger partial charge < -0.3 is 15.5 Å². The molecule has 2 atom stereocenters. The van der Waals surface area contributed by atoms with Gasteiger partial charge in [0, 0.05) is 25.2 Å². The van der Waals surface area contributed by atoms with E-state index < -0.39 is 0 Å². The van der Waals surface area contributed by atoms with Gasteiger partial charge in [-0.3, -0.25) is 4.98 Å². The molecule has 1 aromatic heterocycles. The molecule has 1 aliphatic heterocycles. The SMILES string of the molecule is CCC(N)c1ccc(N2CCCN(C)CC2CC)cn1. The Hall–Kier alpha value is -1.13. The number of hydrogen-bond acceptors (Lipinski definition) is 4. The molecule has 4 heteroatoms. The summed E-state index contributed by atoms with van der Waals surface area (Å²) in [4.78, 5) is 9.51. The van der Waals surface area contributed by atoms with Gasteiger partial charge in [-0.2, -0.15) is 0 Å². The van der Waals surface area contributed by atoms with Gasteiger partial charge in [0.05, 0.1) is 17.6 Å². The van der Waals surface area contributed by atoms with Crippen molar-refractivity contribution in [1.29, 1.82) is 0 Å². The van der Waals surface area contributed by atoms with E-state index in [0.717, 1.165) is 25.2 Å². The molecule has 2 unspecified atom stereocenters. The van der Waals surface area contributed by atoms with Crippen LogP contribution in [0.3, 0.4) is 0 Å². The first kappa shape index (κ1) is 15.3. The van der Waals surface area contributed by atoms with E-state index in [1.165, 1.54) is 25.1 Å². The Morgan fingerprint density at radius 2 is 2.15 bits per heavy atom. The molecule has 0 aliphatic carbocycles. The lowest BCUT2D eigenvalue weighted by atomic mass is 10.1. The number of nitrogens with two attached hydrogens (primary N) is 1. The van der Waals surface area contributed by atoms with E-state index in [1.54, 1.807) is 0 Å². The smallest absolute Gasteiger partial charge is 0.0572 e. The highest BCUT2D eigenvalue weighted by Gasteiger charge is 2.22. The quantitative estimate of drug-likeness (QED) is 0.917. The number of pyridine rings is 1. The van der Waals surface area contributed by atoms with E-state index in [-0.39, 0.29) is 6.04 Å². The Morgan fingerprint density at radius 3 is 2.75 bits per heavy atom. The van der Waals surface area contributed by atoms with Crippen LogP contribution in [0.25, 0.3) is 0 Å². The van der Waals surface area contributed by atoms with Crippen LogP contribution in [0.4, 0.5) is 5.69 Å². The maximum atomic E-state index is 6.04. The third kappa shape index (κ3) is 3.49. The van der Waals surface area contributed by atoms with Gasteiger partial charge in [-0.1, -0.05) is 13.8 Å². The molecule has 112 valence electrons. The van der Waals surface area contributed by atoms with Gasteiger partial charge in [-0.15, -0.1) is 0 Å². The summed E-state index contributed by atoms with van der Waals surface area (Å²) in [7, 11) is 2.22. The molecule has 1 aromatic rings. The number of aromatic nitrogens is 1. The second-order valence-corrected chi connectivity index (χ2v) is 5.83. The summed E-state index contributed by atoms with van der Waals surface area (Å²) in [6, 6.07) is 4.91. The van der Waals surface area contributed by atoms with E-state index in [2.05, 4.69) is 47.8 Å². The minimum atomic E-state index is 0.0567. The van der Waals surface area contributed by atoms with Crippen molar-refractivity contribution in [2.75, 3.05) is 31.6 Å². The number of hydrogen-bond donors (Lipinski definition) is 1. The third-order valence-corrected chi connectivity index (χ3v) is 4.30. The predicted molar refractivity (Wildman–Crippen MR) is 85.0 cm³/mol. The Labute approximate surface area is 123 Å². The van der Waals surface area contributed by atoms with E-state index in [4.69, 9.17) is 5.73 Å². The van der Waals surface area contributed by atoms with Gasteiger partial charge in [-0.05, 0) is 45.0 Å². The standard InChI is InChI=1S/C16H28N4/c1-4-13-12-19(3)9-6-10-20(13)14-7-8-16(18-11-14)15(17)5-2/h7-8,11,13,15H,4-6,9-10,12,17H2,1-3H3. The summed E-state index contributed by atoms with van der Waals surface area (Å²) in [5, 5.41) is 0. The molecule has 0 aromatic carbocycles. The molecule has 0 spiro atoms. The summed E-state index contributed by atoms with van der Waals surface area (Å²) >= 11 is 0. The first-order valence-corrected chi connectivity index (χ1v) is 7.82. The van der Waals surface area contributed by atoms with Crippen molar-refractivity contribution in [3.63, 3.8) is 0 Å². The number of likely N-dealkylation sites (N-methyl/N-ethyl adjacent to an activating group) is 1. The molecule has 2 rings (SSSR count). The maximum absolute atomic E-state index is 6.04. The summed E-state index contributed by atoms with van der Waals surface area (Å²) in [5.74, 6) is 0. The highest BCUT2D eigenvalue weighted by Crippen LogP contribution is 2.22. The fourth-order valence-corrected chi connectivity index (χ4v) is 2.93. The Bertz CT molecular complexity index is 403. The van der Waals surface area contributed by atoms with Crippen LogP contribution >= 0.6 is 0 Å². The van der Waals surface area contributed by atoms with Gasteiger partial charge in [-0.25, -0.2) is 0 Å². The van der Waals surface area contributed by atoms with Crippen molar-refractivity contribution in [3.8, 4) is 0 Å². The first-order chi connectivity index (χ1) is 9.65. The zero-order valence-electron chi connectivity index (χ0n) is 13.0. The normalized spacial score (nSPS) is 22.6. The molecule has 0 radical (unpaired) electrons. The highest BCUT2D eigenvalue weighted by molar-refractivity contribution is 5.46. The molecule has 1 aliphatic rings. The lowest BCUT2D eigenvalue weighted by Crippen LogP contribution is -2.39. The largest absolute Gasteiger partial charge is 0.366 e. The molecule has 1 saturated heterocycles. The van der Waals surface area contributed by atoms with Crippen molar-refractivity contribution in [1.82, 2.24) is 9.88 Å². The molecule has 1 fully saturated rings. The van der Waals surface area contributed by atoms with Gasteiger partial charge >= 0.3 is 0 Å². The molecule has 4 nitrogen and oxygen atoms in total. The van der Waals surface area contributed by atoms with Crippen molar-refractivity contribution >= 4 is 5.69 Å². The minimum absolute atomic E-state index is 0.0567. The van der Waals surface area contributed by atoms with Crippen LogP contribution in [-0.4, -0.2) is 42.6 Å². The molecule has 2 heterocycles. The van der Waals surface area contributed by atoms with Gasteiger partial charge in [0.1, 0.15) is 0 Å². The molecule has 0 amide bonds. The number of nitrogens with zero attached hydrogens (tertiary/aromatic N) is 3. The van der Waals surface area contributed by atoms with Crippen molar-refractivity contribution in [2.24, 2.45) is 5.73 Å². The zero-order valence-corrected chi connectivity index (χ0v) is 13.0. The average Bonchev–Trinajstić information content (AvgIpc) is 2.67. The van der Waals surface area contributed by atoms with E-state index >= 15 is 0 Å². The van der Waals surface area contributed by atoms with E-state index in [9.17, 15) is 0 Å². The molecular weight excluding hydrogens is 248 g/mol. The lowest BCUT2D eigenvalue weighted by molar-refractivity contribution is 0.328. The Morgan fingerprint density at radius 1 is 1.35 bits per heavy atom. The molecule has 0 saturated carbocycles. The van der Waals surface area contributed by atoms with Crippen LogP contribution in [0.2, 0.25) is 0 Å². The van der Waals surface area contributed by atoms with Gasteiger partial charge in [0.25, 0.3) is 0 Å². The molecule has 20 heavy (non-hydrogen) atoms. The zero-order chi connectivity index (χ0) is 14.5. The van der Waals surface area contributed by atoms with E-state index in [0.29, 0.717) is 6.04 Å². The predicted octanol–water partition coefficient (Wildman–Crippen LogP) is 2.41. The topological polar surface area (TPSA) is 45.4 Å². The van der Waals surface area contributed by atoms with Crippen LogP contribution in [0.1, 0.15) is 44.8 Å². The fraction of sp³-hybridized carbons (Fsp3) is 0.688. The maximum Gasteiger partial charge on any atom is 0.0572 e. The summed E-state index contributed by atoms with van der Waals surface area (Å²) in [5.41, 5.74) is 8.27. The lowest BCUT2D eigenvalue weighted by Gasteiger charge is -2.32. The average molecular weight is 276 g/mol. The van der Waals surface area contributed by atoms with Crippen molar-refractivity contribution < 1.29 is 0 Å². The van der Waals surface area contributed by atoms with Gasteiger partial charge in [0.15, 0.2) is 0 Å². The fourth-order valence-electron chi connectivity index (χ4n) is 2.93. The summed E-state index contributed by atoms with van der Waals surface area (Å²) in [6.45, 7) is 7.79. The second kappa shape index (κ2) is 7.04. The molecule has 0 bridgehead atoms. The second-order valence-electron chi connectivity index (χ2n) is 5.83. The third-order valence-electron chi connectivity index (χ3n) is 4.30. The van der Waals surface area contributed by atoms with Crippen LogP contribution in [-0.2, 0) is 0 Å². The minimum Gasteiger partial charge on any atom is -0.366 e. The highest BCUT2D eigenvalue weighted by atomic mass is 15.2. The molecule has 2 N–H and O–H groups in total. The van der Waals surface area contributed by atoms with Crippen LogP contribution in [0.15, 0.2) is 18.3 Å². The number of rotatable bonds is 4. The number of anilines is 1. The van der Waals surface area contributed by atoms with Crippen LogP contribution in [0, 0.1) is 0 Å². The monoisotopic (exact) mass is 276 g/mol. The van der Waals surface area contributed by atoms with Gasteiger partial charge in [0.2, 0.25) is 0 Å². The summed E-state index contributed by atoms with van der Waals surface area (Å²) < 4.78 is 0. The first-order valence-electron chi connectivity index (χ1n) is 7.82. The van der Waals surface area contributed by atoms with Crippen LogP contribution in [0.5, 0.6) is 0 Å². The van der Waals surface area contributed by atoms with Crippen molar-refractivity contribution in [3.05, 3.63) is 24.0 Å². The Balaban J connectivity index is 2.16. The molecular formula is C16H28N4. The van der Waals surface area contributed by atoms with E-state index in [1.807, 2.05) is 6.20 Å². The Kier molecular flexibility index (Phi) is 5.38. The van der Waals surface area contributed by atoms with Crippen LogP contribution < -0.4 is 10.6 Å². The summed E-state index contributed by atoms with van der Waals surface area (Å²) in [6.07, 6.45) is 5.31.